The maximum atomic E-state index is 12.3. The quantitative estimate of drug-likeness (QED) is 0.618. The predicted molar refractivity (Wildman–Crippen MR) is 89.7 cm³/mol. The second kappa shape index (κ2) is 7.18. The van der Waals surface area contributed by atoms with E-state index in [0.717, 1.165) is 9.37 Å². The Morgan fingerprint density at radius 3 is 2.78 bits per heavy atom. The van der Waals surface area contributed by atoms with E-state index in [2.05, 4.69) is 15.9 Å². The lowest BCUT2D eigenvalue weighted by atomic mass is 10.2. The number of halogens is 1. The van der Waals surface area contributed by atoms with E-state index in [1.54, 1.807) is 26.0 Å². The molecule has 6 nitrogen and oxygen atoms in total. The largest absolute Gasteiger partial charge is 0.507 e. The van der Waals surface area contributed by atoms with Crippen LogP contribution >= 0.6 is 27.7 Å². The fourth-order valence-electron chi connectivity index (χ4n) is 1.85. The van der Waals surface area contributed by atoms with Crippen molar-refractivity contribution in [2.75, 3.05) is 6.54 Å². The lowest BCUT2D eigenvalue weighted by molar-refractivity contribution is -0.149. The molecule has 8 heteroatoms. The van der Waals surface area contributed by atoms with Crippen molar-refractivity contribution in [2.24, 2.45) is 0 Å². The number of carbonyl (C=O) groups is 3. The number of aromatic hydroxyl groups is 1. The van der Waals surface area contributed by atoms with Gasteiger partial charge in [-0.15, -0.1) is 0 Å². The first-order chi connectivity index (χ1) is 10.8. The summed E-state index contributed by atoms with van der Waals surface area (Å²) in [7, 11) is 0. The number of nitrogens with zero attached hydrogens (tertiary/aromatic N) is 1. The zero-order chi connectivity index (χ0) is 17.1. The number of phenolic OH excluding ortho intramolecular Hbond substituents is 1. The van der Waals surface area contributed by atoms with Crippen LogP contribution in [0.1, 0.15) is 19.4 Å². The third-order valence-corrected chi connectivity index (χ3v) is 4.20. The number of hydrogen-bond donors (Lipinski definition) is 1. The zero-order valence-corrected chi connectivity index (χ0v) is 14.8. The Bertz CT molecular complexity index is 701. The normalized spacial score (nSPS) is 16.5. The molecule has 1 aromatic rings. The van der Waals surface area contributed by atoms with E-state index in [9.17, 15) is 19.5 Å². The number of benzene rings is 1. The second-order valence-corrected chi connectivity index (χ2v) is 6.92. The summed E-state index contributed by atoms with van der Waals surface area (Å²) >= 11 is 3.99. The average Bonchev–Trinajstić information content (AvgIpc) is 2.70. The van der Waals surface area contributed by atoms with Crippen molar-refractivity contribution in [3.8, 4) is 5.75 Å². The molecule has 0 spiro atoms. The van der Waals surface area contributed by atoms with E-state index in [4.69, 9.17) is 4.74 Å². The number of phenols is 1. The minimum atomic E-state index is -0.645. The molecule has 2 rings (SSSR count). The van der Waals surface area contributed by atoms with Gasteiger partial charge in [0, 0.05) is 10.0 Å². The van der Waals surface area contributed by atoms with E-state index < -0.39 is 23.7 Å². The van der Waals surface area contributed by atoms with Crippen LogP contribution in [0.5, 0.6) is 5.75 Å². The number of amides is 2. The van der Waals surface area contributed by atoms with Gasteiger partial charge in [-0.3, -0.25) is 19.3 Å². The van der Waals surface area contributed by atoms with Crippen LogP contribution in [0.3, 0.4) is 0 Å². The minimum Gasteiger partial charge on any atom is -0.507 e. The average molecular weight is 400 g/mol. The molecule has 1 N–H and O–H groups in total. The fourth-order valence-corrected chi connectivity index (χ4v) is 3.06. The van der Waals surface area contributed by atoms with Crippen LogP contribution in [-0.2, 0) is 14.3 Å². The monoisotopic (exact) mass is 399 g/mol. The summed E-state index contributed by atoms with van der Waals surface area (Å²) in [6.45, 7) is 2.94. The number of ether oxygens (including phenoxy) is 1. The summed E-state index contributed by atoms with van der Waals surface area (Å²) in [4.78, 5) is 36.7. The number of hydrogen-bond acceptors (Lipinski definition) is 6. The molecule has 1 heterocycles. The molecule has 0 atom stereocenters. The summed E-state index contributed by atoms with van der Waals surface area (Å²) < 4.78 is 5.66. The summed E-state index contributed by atoms with van der Waals surface area (Å²) in [5.41, 5.74) is 0.398. The Kier molecular flexibility index (Phi) is 5.48. The number of rotatable bonds is 4. The van der Waals surface area contributed by atoms with Gasteiger partial charge >= 0.3 is 5.97 Å². The summed E-state index contributed by atoms with van der Waals surface area (Å²) in [6, 6.07) is 4.75. The van der Waals surface area contributed by atoms with Gasteiger partial charge in [-0.25, -0.2) is 0 Å². The van der Waals surface area contributed by atoms with Crippen molar-refractivity contribution in [3.05, 3.63) is 33.1 Å². The highest BCUT2D eigenvalue weighted by Crippen LogP contribution is 2.34. The second-order valence-electron chi connectivity index (χ2n) is 5.01. The van der Waals surface area contributed by atoms with Gasteiger partial charge in [0.15, 0.2) is 0 Å². The van der Waals surface area contributed by atoms with Crippen molar-refractivity contribution in [1.29, 1.82) is 0 Å². The molecule has 1 fully saturated rings. The number of imide groups is 1. The molecule has 0 aromatic heterocycles. The maximum Gasteiger partial charge on any atom is 0.326 e. The van der Waals surface area contributed by atoms with Crippen molar-refractivity contribution in [3.63, 3.8) is 0 Å². The summed E-state index contributed by atoms with van der Waals surface area (Å²) in [6.07, 6.45) is 1.09. The molecule has 23 heavy (non-hydrogen) atoms. The molecule has 2 amide bonds. The molecule has 1 saturated heterocycles. The highest BCUT2D eigenvalue weighted by molar-refractivity contribution is 9.10. The highest BCUT2D eigenvalue weighted by atomic mass is 79.9. The van der Waals surface area contributed by atoms with Gasteiger partial charge in [0.2, 0.25) is 0 Å². The summed E-state index contributed by atoms with van der Waals surface area (Å²) in [5.74, 6) is -1.24. The number of esters is 1. The van der Waals surface area contributed by atoms with Gasteiger partial charge in [0.25, 0.3) is 11.1 Å². The third-order valence-electron chi connectivity index (χ3n) is 2.80. The fraction of sp³-hybridized carbons (Fsp3) is 0.267. The van der Waals surface area contributed by atoms with Crippen LogP contribution in [0.25, 0.3) is 6.08 Å². The molecule has 0 bridgehead atoms. The summed E-state index contributed by atoms with van der Waals surface area (Å²) in [5, 5.41) is 9.25. The smallest absolute Gasteiger partial charge is 0.326 e. The molecule has 122 valence electrons. The first-order valence-electron chi connectivity index (χ1n) is 6.71. The van der Waals surface area contributed by atoms with Crippen molar-refractivity contribution in [2.45, 2.75) is 20.0 Å². The van der Waals surface area contributed by atoms with E-state index in [1.165, 1.54) is 12.1 Å². The van der Waals surface area contributed by atoms with E-state index in [1.807, 2.05) is 0 Å². The number of thioether (sulfide) groups is 1. The van der Waals surface area contributed by atoms with Crippen LogP contribution < -0.4 is 0 Å². The van der Waals surface area contributed by atoms with Gasteiger partial charge in [-0.1, -0.05) is 15.9 Å². The molecule has 1 aromatic carbocycles. The van der Waals surface area contributed by atoms with Crippen molar-refractivity contribution in [1.82, 2.24) is 4.90 Å². The lowest BCUT2D eigenvalue weighted by Gasteiger charge is -2.13. The Balaban J connectivity index is 2.19. The topological polar surface area (TPSA) is 83.9 Å². The van der Waals surface area contributed by atoms with Crippen LogP contribution in [0.4, 0.5) is 4.79 Å². The predicted octanol–water partition coefficient (Wildman–Crippen LogP) is 3.14. The standard InChI is InChI=1S/C15H14BrNO5S/c1-8(2)22-13(19)7-17-14(20)12(23-15(17)21)6-9-5-10(16)3-4-11(9)18/h3-6,8,18H,7H2,1-2H3/b12-6+. The molecule has 0 saturated carbocycles. The van der Waals surface area contributed by atoms with Gasteiger partial charge in [0.1, 0.15) is 12.3 Å². The van der Waals surface area contributed by atoms with Gasteiger partial charge in [0.05, 0.1) is 11.0 Å². The van der Waals surface area contributed by atoms with E-state index in [0.29, 0.717) is 17.3 Å². The Hall–Kier alpha value is -1.80. The molecule has 1 aliphatic heterocycles. The molecule has 1 aliphatic rings. The Morgan fingerprint density at radius 1 is 1.43 bits per heavy atom. The highest BCUT2D eigenvalue weighted by Gasteiger charge is 2.36. The van der Waals surface area contributed by atoms with Crippen LogP contribution in [0.15, 0.2) is 27.6 Å². The van der Waals surface area contributed by atoms with Gasteiger partial charge in [-0.05, 0) is 49.9 Å². The molecule has 0 unspecified atom stereocenters. The van der Waals surface area contributed by atoms with E-state index >= 15 is 0 Å². The molecule has 0 radical (unpaired) electrons. The third kappa shape index (κ3) is 4.35. The van der Waals surface area contributed by atoms with Crippen molar-refractivity contribution < 1.29 is 24.2 Å². The van der Waals surface area contributed by atoms with Crippen molar-refractivity contribution >= 4 is 50.9 Å². The van der Waals surface area contributed by atoms with Crippen LogP contribution in [0, 0.1) is 0 Å². The first-order valence-corrected chi connectivity index (χ1v) is 8.32. The SMILES string of the molecule is CC(C)OC(=O)CN1C(=O)S/C(=C/c2cc(Br)ccc2O)C1=O. The van der Waals surface area contributed by atoms with Crippen LogP contribution in [0.2, 0.25) is 0 Å². The minimum absolute atomic E-state index is 0.0146. The number of carbonyl (C=O) groups excluding carboxylic acids is 3. The molecular formula is C15H14BrNO5S. The Labute approximate surface area is 145 Å². The maximum absolute atomic E-state index is 12.3. The molecular weight excluding hydrogens is 386 g/mol. The van der Waals surface area contributed by atoms with Gasteiger partial charge < -0.3 is 9.84 Å². The Morgan fingerprint density at radius 2 is 2.13 bits per heavy atom. The van der Waals surface area contributed by atoms with Crippen LogP contribution in [-0.4, -0.2) is 39.8 Å². The lowest BCUT2D eigenvalue weighted by Crippen LogP contribution is -2.35. The molecule has 0 aliphatic carbocycles. The first kappa shape index (κ1) is 17.6. The zero-order valence-electron chi connectivity index (χ0n) is 12.4. The van der Waals surface area contributed by atoms with E-state index in [-0.39, 0.29) is 16.8 Å². The van der Waals surface area contributed by atoms with Gasteiger partial charge in [-0.2, -0.15) is 0 Å².